The third-order valence-corrected chi connectivity index (χ3v) is 3.76. The number of rotatable bonds is 7. The average Bonchev–Trinajstić information content (AvgIpc) is 2.35. The van der Waals surface area contributed by atoms with E-state index < -0.39 is 25.1 Å². The molecule has 5 nitrogen and oxygen atoms in total. The summed E-state index contributed by atoms with van der Waals surface area (Å²) in [5.41, 5.74) is -1.18. The normalized spacial score (nSPS) is 12.2. The molecule has 106 valence electrons. The Morgan fingerprint density at radius 2 is 1.74 bits per heavy atom. The first kappa shape index (κ1) is 15.9. The molecule has 1 aromatic carbocycles. The second kappa shape index (κ2) is 6.33. The van der Waals surface area contributed by atoms with Crippen molar-refractivity contribution in [1.29, 1.82) is 0 Å². The predicted octanol–water partition coefficient (Wildman–Crippen LogP) is 2.37. The smallest absolute Gasteiger partial charge is 0.333 e. The number of hydrogen-bond donors (Lipinski definition) is 2. The van der Waals surface area contributed by atoms with Gasteiger partial charge in [0.25, 0.3) is 0 Å². The topological polar surface area (TPSA) is 83.8 Å². The first-order valence-electron chi connectivity index (χ1n) is 6.15. The highest BCUT2D eigenvalue weighted by Crippen LogP contribution is 2.37. The van der Waals surface area contributed by atoms with E-state index in [0.29, 0.717) is 18.6 Å². The van der Waals surface area contributed by atoms with Crippen LogP contribution in [0.1, 0.15) is 26.7 Å². The van der Waals surface area contributed by atoms with Crippen LogP contribution in [0.3, 0.4) is 0 Å². The average molecular weight is 286 g/mol. The van der Waals surface area contributed by atoms with E-state index in [9.17, 15) is 9.36 Å². The fourth-order valence-corrected chi connectivity index (χ4v) is 2.55. The Labute approximate surface area is 112 Å². The van der Waals surface area contributed by atoms with Gasteiger partial charge in [0.05, 0.1) is 0 Å². The van der Waals surface area contributed by atoms with Crippen LogP contribution in [-0.2, 0) is 9.36 Å². The van der Waals surface area contributed by atoms with Crippen molar-refractivity contribution < 1.29 is 23.9 Å². The van der Waals surface area contributed by atoms with Gasteiger partial charge in [0.2, 0.25) is 0 Å². The van der Waals surface area contributed by atoms with Crippen LogP contribution in [0.2, 0.25) is 0 Å². The molecule has 0 aromatic heterocycles. The van der Waals surface area contributed by atoms with Crippen LogP contribution in [0.4, 0.5) is 0 Å². The van der Waals surface area contributed by atoms with Crippen molar-refractivity contribution in [3.63, 3.8) is 0 Å². The van der Waals surface area contributed by atoms with Crippen LogP contribution in [0.5, 0.6) is 5.75 Å². The van der Waals surface area contributed by atoms with Crippen molar-refractivity contribution in [1.82, 2.24) is 0 Å². The molecule has 1 aromatic rings. The second-order valence-corrected chi connectivity index (χ2v) is 6.01. The van der Waals surface area contributed by atoms with Gasteiger partial charge in [0.15, 0.2) is 11.4 Å². The van der Waals surface area contributed by atoms with Gasteiger partial charge in [-0.1, -0.05) is 32.0 Å². The zero-order valence-electron chi connectivity index (χ0n) is 11.1. The lowest BCUT2D eigenvalue weighted by Crippen LogP contribution is -2.45. The van der Waals surface area contributed by atoms with Crippen LogP contribution in [-0.4, -0.2) is 27.3 Å². The molecule has 0 fully saturated rings. The summed E-state index contributed by atoms with van der Waals surface area (Å²) in [5, 5.41) is 0. The number of para-hydroxylation sites is 1. The Bertz CT molecular complexity index is 461. The first-order chi connectivity index (χ1) is 8.83. The van der Waals surface area contributed by atoms with Crippen LogP contribution < -0.4 is 4.74 Å². The quantitative estimate of drug-likeness (QED) is 0.752. The van der Waals surface area contributed by atoms with Crippen LogP contribution in [0.25, 0.3) is 0 Å². The largest absolute Gasteiger partial charge is 0.480 e. The van der Waals surface area contributed by atoms with Gasteiger partial charge >= 0.3 is 7.60 Å². The number of benzene rings is 1. The number of hydrogen-bond acceptors (Lipinski definition) is 3. The van der Waals surface area contributed by atoms with Crippen LogP contribution in [0.15, 0.2) is 30.3 Å². The highest BCUT2D eigenvalue weighted by Gasteiger charge is 2.40. The van der Waals surface area contributed by atoms with Crippen molar-refractivity contribution in [3.05, 3.63) is 30.3 Å². The molecule has 19 heavy (non-hydrogen) atoms. The Morgan fingerprint density at radius 1 is 1.21 bits per heavy atom. The minimum absolute atomic E-state index is 0.358. The lowest BCUT2D eigenvalue weighted by molar-refractivity contribution is -0.132. The number of Topliss-reactive ketones (excluding diaryl/α,β-unsaturated/α-hetero) is 1. The molecule has 2 N–H and O–H groups in total. The Hall–Kier alpha value is -1.16. The maximum absolute atomic E-state index is 12.1. The van der Waals surface area contributed by atoms with Crippen molar-refractivity contribution >= 4 is 13.4 Å². The molecule has 0 amide bonds. The molecule has 0 spiro atoms. The lowest BCUT2D eigenvalue weighted by atomic mass is 9.92. The zero-order chi connectivity index (χ0) is 14.5. The molecule has 0 heterocycles. The van der Waals surface area contributed by atoms with E-state index in [0.717, 1.165) is 0 Å². The zero-order valence-corrected chi connectivity index (χ0v) is 12.0. The summed E-state index contributed by atoms with van der Waals surface area (Å²) in [5.74, 6) is -0.0417. The molecule has 0 unspecified atom stereocenters. The Kier molecular flexibility index (Phi) is 5.29. The fraction of sp³-hybridized carbons (Fsp3) is 0.462. The van der Waals surface area contributed by atoms with Crippen molar-refractivity contribution in [2.75, 3.05) is 6.16 Å². The third kappa shape index (κ3) is 4.46. The molecule has 0 saturated heterocycles. The van der Waals surface area contributed by atoms with Gasteiger partial charge in [-0.25, -0.2) is 0 Å². The molecule has 0 atom stereocenters. The molecule has 0 radical (unpaired) electrons. The molecule has 0 aliphatic carbocycles. The monoisotopic (exact) mass is 286 g/mol. The first-order valence-corrected chi connectivity index (χ1v) is 7.94. The van der Waals surface area contributed by atoms with Crippen LogP contribution in [0, 0.1) is 0 Å². The van der Waals surface area contributed by atoms with Gasteiger partial charge in [0, 0.05) is 0 Å². The van der Waals surface area contributed by atoms with Gasteiger partial charge in [0.1, 0.15) is 11.9 Å². The minimum atomic E-state index is -4.38. The summed E-state index contributed by atoms with van der Waals surface area (Å²) < 4.78 is 16.7. The highest BCUT2D eigenvalue weighted by molar-refractivity contribution is 7.52. The van der Waals surface area contributed by atoms with Gasteiger partial charge < -0.3 is 14.5 Å². The molecule has 0 aliphatic heterocycles. The summed E-state index contributed by atoms with van der Waals surface area (Å²) in [7, 11) is -4.38. The molecule has 6 heteroatoms. The van der Waals surface area contributed by atoms with Gasteiger partial charge in [-0.05, 0) is 25.0 Å². The number of ether oxygens (including phenoxy) is 1. The minimum Gasteiger partial charge on any atom is -0.480 e. The molecule has 1 rings (SSSR count). The number of carbonyl (C=O) groups is 1. The Balaban J connectivity index is 2.97. The van der Waals surface area contributed by atoms with E-state index in [2.05, 4.69) is 0 Å². The van der Waals surface area contributed by atoms with E-state index in [4.69, 9.17) is 14.5 Å². The summed E-state index contributed by atoms with van der Waals surface area (Å²) >= 11 is 0. The van der Waals surface area contributed by atoms with Crippen molar-refractivity contribution in [2.24, 2.45) is 0 Å². The molecule has 0 aliphatic rings. The fourth-order valence-electron chi connectivity index (χ4n) is 1.89. The number of carbonyl (C=O) groups excluding carboxylic acids is 1. The molecular weight excluding hydrogens is 267 g/mol. The van der Waals surface area contributed by atoms with E-state index >= 15 is 0 Å². The molecule has 0 bridgehead atoms. The van der Waals surface area contributed by atoms with Crippen molar-refractivity contribution in [3.8, 4) is 5.75 Å². The lowest BCUT2D eigenvalue weighted by Gasteiger charge is -2.31. The predicted molar refractivity (Wildman–Crippen MR) is 72.3 cm³/mol. The molecule has 0 saturated carbocycles. The van der Waals surface area contributed by atoms with E-state index in [1.54, 1.807) is 38.1 Å². The van der Waals surface area contributed by atoms with Crippen molar-refractivity contribution in [2.45, 2.75) is 32.3 Å². The van der Waals surface area contributed by atoms with Gasteiger partial charge in [-0.2, -0.15) is 0 Å². The highest BCUT2D eigenvalue weighted by atomic mass is 31.2. The maximum Gasteiger partial charge on any atom is 0.333 e. The number of ketones is 1. The van der Waals surface area contributed by atoms with Gasteiger partial charge in [-0.15, -0.1) is 0 Å². The van der Waals surface area contributed by atoms with E-state index in [1.165, 1.54) is 0 Å². The van der Waals surface area contributed by atoms with E-state index in [1.807, 2.05) is 6.07 Å². The maximum atomic E-state index is 12.1. The van der Waals surface area contributed by atoms with Crippen LogP contribution >= 0.6 is 7.60 Å². The summed E-state index contributed by atoms with van der Waals surface area (Å²) in [6.45, 7) is 3.54. The van der Waals surface area contributed by atoms with E-state index in [-0.39, 0.29) is 0 Å². The molecular formula is C13H19O5P. The SMILES string of the molecule is CCC(CC)(Oc1ccccc1)C(=O)CP(=O)(O)O. The summed E-state index contributed by atoms with van der Waals surface area (Å²) in [6.07, 6.45) is -0.0734. The summed E-state index contributed by atoms with van der Waals surface area (Å²) in [6, 6.07) is 8.80. The second-order valence-electron chi connectivity index (χ2n) is 4.36. The summed E-state index contributed by atoms with van der Waals surface area (Å²) in [4.78, 5) is 30.0. The van der Waals surface area contributed by atoms with Gasteiger partial charge in [-0.3, -0.25) is 9.36 Å². The standard InChI is InChI=1S/C13H19O5P/c1-3-13(4-2,12(14)10-19(15,16)17)18-11-8-6-5-7-9-11/h5-9H,3-4,10H2,1-2H3,(H2,15,16,17). The third-order valence-electron chi connectivity index (χ3n) is 3.06. The Morgan fingerprint density at radius 3 is 2.16 bits per heavy atom.